The van der Waals surface area contributed by atoms with Crippen LogP contribution in [0.25, 0.3) is 22.4 Å². The summed E-state index contributed by atoms with van der Waals surface area (Å²) in [4.78, 5) is 28.6. The van der Waals surface area contributed by atoms with Gasteiger partial charge in [-0.15, -0.1) is 0 Å². The first kappa shape index (κ1) is 18.4. The highest BCUT2D eigenvalue weighted by atomic mass is 16.5. The summed E-state index contributed by atoms with van der Waals surface area (Å²) in [7, 11) is 0. The fraction of sp³-hybridized carbons (Fsp3) is 0.143. The molecule has 0 unspecified atom stereocenters. The molecule has 0 saturated carbocycles. The number of hydrogen-bond acceptors (Lipinski definition) is 6. The summed E-state index contributed by atoms with van der Waals surface area (Å²) < 4.78 is 10.7. The molecule has 2 amide bonds. The zero-order valence-corrected chi connectivity index (χ0v) is 15.6. The van der Waals surface area contributed by atoms with E-state index >= 15 is 0 Å². The molecular weight excluding hydrogens is 372 g/mol. The minimum Gasteiger partial charge on any atom is -0.451 e. The number of nitrogens with one attached hydrogen (secondary N) is 2. The molecule has 0 bridgehead atoms. The Balaban J connectivity index is 1.30. The van der Waals surface area contributed by atoms with Crippen molar-refractivity contribution < 1.29 is 18.5 Å². The molecule has 0 aliphatic carbocycles. The van der Waals surface area contributed by atoms with Crippen LogP contribution in [0.5, 0.6) is 0 Å². The van der Waals surface area contributed by atoms with Gasteiger partial charge in [0.05, 0.1) is 0 Å². The molecule has 0 aliphatic rings. The van der Waals surface area contributed by atoms with E-state index in [9.17, 15) is 9.59 Å². The van der Waals surface area contributed by atoms with Gasteiger partial charge in [0, 0.05) is 29.4 Å². The SMILES string of the molecule is Cc1c(C(=O)NNC(=O)CCc2nc(-c3ccccc3)no2)oc2ccccc12. The first-order valence-electron chi connectivity index (χ1n) is 9.07. The number of aromatic nitrogens is 2. The molecule has 2 aromatic carbocycles. The fourth-order valence-electron chi connectivity index (χ4n) is 2.92. The lowest BCUT2D eigenvalue weighted by Crippen LogP contribution is -2.41. The van der Waals surface area contributed by atoms with Gasteiger partial charge < -0.3 is 8.94 Å². The summed E-state index contributed by atoms with van der Waals surface area (Å²) in [5.74, 6) is 0.0758. The maximum atomic E-state index is 12.3. The van der Waals surface area contributed by atoms with E-state index in [2.05, 4.69) is 21.0 Å². The zero-order chi connectivity index (χ0) is 20.2. The number of carbonyl (C=O) groups excluding carboxylic acids is 2. The van der Waals surface area contributed by atoms with E-state index < -0.39 is 5.91 Å². The predicted octanol–water partition coefficient (Wildman–Crippen LogP) is 3.19. The van der Waals surface area contributed by atoms with E-state index in [1.807, 2.05) is 48.5 Å². The number of furan rings is 1. The second-order valence-electron chi connectivity index (χ2n) is 6.43. The quantitative estimate of drug-likeness (QED) is 0.507. The van der Waals surface area contributed by atoms with Crippen molar-refractivity contribution in [1.29, 1.82) is 0 Å². The number of benzene rings is 2. The topological polar surface area (TPSA) is 110 Å². The summed E-state index contributed by atoms with van der Waals surface area (Å²) in [6.45, 7) is 1.79. The van der Waals surface area contributed by atoms with Gasteiger partial charge in [-0.25, -0.2) is 0 Å². The van der Waals surface area contributed by atoms with Crippen LogP contribution in [0.15, 0.2) is 63.5 Å². The van der Waals surface area contributed by atoms with E-state index in [-0.39, 0.29) is 24.5 Å². The average molecular weight is 390 g/mol. The molecule has 0 saturated heterocycles. The standard InChI is InChI=1S/C21H18N4O4/c1-13-15-9-5-6-10-16(15)28-19(13)21(27)24-23-17(26)11-12-18-22-20(25-29-18)14-7-3-2-4-8-14/h2-10H,11-12H2,1H3,(H,23,26)(H,24,27). The molecule has 8 heteroatoms. The van der Waals surface area contributed by atoms with Gasteiger partial charge in [0.1, 0.15) is 5.58 Å². The Bertz CT molecular complexity index is 1160. The molecule has 0 spiro atoms. The van der Waals surface area contributed by atoms with Crippen molar-refractivity contribution in [1.82, 2.24) is 21.0 Å². The summed E-state index contributed by atoms with van der Waals surface area (Å²) >= 11 is 0. The highest BCUT2D eigenvalue weighted by Crippen LogP contribution is 2.24. The van der Waals surface area contributed by atoms with Gasteiger partial charge in [0.25, 0.3) is 0 Å². The Morgan fingerprint density at radius 3 is 2.55 bits per heavy atom. The number of aryl methyl sites for hydroxylation is 2. The minimum absolute atomic E-state index is 0.0792. The summed E-state index contributed by atoms with van der Waals surface area (Å²) in [5, 5.41) is 4.76. The van der Waals surface area contributed by atoms with Crippen molar-refractivity contribution in [3.63, 3.8) is 0 Å². The van der Waals surface area contributed by atoms with Crippen LogP contribution in [0.3, 0.4) is 0 Å². The van der Waals surface area contributed by atoms with Gasteiger partial charge >= 0.3 is 5.91 Å². The molecule has 0 fully saturated rings. The largest absolute Gasteiger partial charge is 0.451 e. The van der Waals surface area contributed by atoms with E-state index in [1.165, 1.54) is 0 Å². The monoisotopic (exact) mass is 390 g/mol. The zero-order valence-electron chi connectivity index (χ0n) is 15.6. The highest BCUT2D eigenvalue weighted by Gasteiger charge is 2.18. The molecule has 2 heterocycles. The van der Waals surface area contributed by atoms with Gasteiger partial charge in [0.2, 0.25) is 17.6 Å². The van der Waals surface area contributed by atoms with Crippen molar-refractivity contribution in [3.8, 4) is 11.4 Å². The normalized spacial score (nSPS) is 10.8. The number of hydrogen-bond donors (Lipinski definition) is 2. The molecule has 8 nitrogen and oxygen atoms in total. The number of carbonyl (C=O) groups is 2. The maximum absolute atomic E-state index is 12.3. The summed E-state index contributed by atoms with van der Waals surface area (Å²) in [5.41, 5.74) is 6.91. The molecule has 0 atom stereocenters. The Morgan fingerprint density at radius 2 is 1.76 bits per heavy atom. The molecule has 4 rings (SSSR count). The van der Waals surface area contributed by atoms with Crippen molar-refractivity contribution in [2.45, 2.75) is 19.8 Å². The number of hydrazine groups is 1. The second kappa shape index (κ2) is 7.97. The summed E-state index contributed by atoms with van der Waals surface area (Å²) in [6.07, 6.45) is 0.334. The maximum Gasteiger partial charge on any atom is 0.305 e. The molecule has 0 radical (unpaired) electrons. The first-order chi connectivity index (χ1) is 14.1. The number of rotatable bonds is 5. The molecule has 0 aliphatic heterocycles. The lowest BCUT2D eigenvalue weighted by molar-refractivity contribution is -0.121. The van der Waals surface area contributed by atoms with Gasteiger partial charge in [-0.3, -0.25) is 20.4 Å². The van der Waals surface area contributed by atoms with E-state index in [0.717, 1.165) is 10.9 Å². The molecule has 2 N–H and O–H groups in total. The van der Waals surface area contributed by atoms with Crippen LogP contribution >= 0.6 is 0 Å². The number of para-hydroxylation sites is 1. The van der Waals surface area contributed by atoms with Gasteiger partial charge in [0.15, 0.2) is 5.76 Å². The average Bonchev–Trinajstić information content (AvgIpc) is 3.36. The molecule has 4 aromatic rings. The van der Waals surface area contributed by atoms with Crippen LogP contribution in [0, 0.1) is 6.92 Å². The Hall–Kier alpha value is -3.94. The van der Waals surface area contributed by atoms with Crippen LogP contribution < -0.4 is 10.9 Å². The van der Waals surface area contributed by atoms with Crippen molar-refractivity contribution in [2.24, 2.45) is 0 Å². The predicted molar refractivity (Wildman–Crippen MR) is 105 cm³/mol. The number of amides is 2. The first-order valence-corrected chi connectivity index (χ1v) is 9.07. The summed E-state index contributed by atoms with van der Waals surface area (Å²) in [6, 6.07) is 16.8. The third-order valence-corrected chi connectivity index (χ3v) is 4.43. The minimum atomic E-state index is -0.517. The highest BCUT2D eigenvalue weighted by molar-refractivity contribution is 5.99. The molecular formula is C21H18N4O4. The van der Waals surface area contributed by atoms with Crippen LogP contribution in [0.4, 0.5) is 0 Å². The van der Waals surface area contributed by atoms with Crippen molar-refractivity contribution >= 4 is 22.8 Å². The van der Waals surface area contributed by atoms with Gasteiger partial charge in [-0.2, -0.15) is 4.98 Å². The molecule has 146 valence electrons. The van der Waals surface area contributed by atoms with E-state index in [1.54, 1.807) is 13.0 Å². The van der Waals surface area contributed by atoms with Crippen LogP contribution in [0.1, 0.15) is 28.4 Å². The smallest absolute Gasteiger partial charge is 0.305 e. The van der Waals surface area contributed by atoms with Crippen LogP contribution in [-0.4, -0.2) is 22.0 Å². The van der Waals surface area contributed by atoms with Gasteiger partial charge in [-0.1, -0.05) is 53.7 Å². The van der Waals surface area contributed by atoms with E-state index in [4.69, 9.17) is 8.94 Å². The van der Waals surface area contributed by atoms with Crippen molar-refractivity contribution in [3.05, 3.63) is 71.8 Å². The fourth-order valence-corrected chi connectivity index (χ4v) is 2.92. The van der Waals surface area contributed by atoms with E-state index in [0.29, 0.717) is 22.9 Å². The lowest BCUT2D eigenvalue weighted by atomic mass is 10.1. The Kier molecular flexibility index (Phi) is 5.07. The van der Waals surface area contributed by atoms with Crippen LogP contribution in [0.2, 0.25) is 0 Å². The number of nitrogens with zero attached hydrogens (tertiary/aromatic N) is 2. The van der Waals surface area contributed by atoms with Gasteiger partial charge in [-0.05, 0) is 13.0 Å². The molecule has 2 aromatic heterocycles. The number of fused-ring (bicyclic) bond motifs is 1. The third-order valence-electron chi connectivity index (χ3n) is 4.43. The lowest BCUT2D eigenvalue weighted by Gasteiger charge is -2.05. The second-order valence-corrected chi connectivity index (χ2v) is 6.43. The Morgan fingerprint density at radius 1 is 1.00 bits per heavy atom. The van der Waals surface area contributed by atoms with Crippen molar-refractivity contribution in [2.75, 3.05) is 0 Å². The molecule has 29 heavy (non-hydrogen) atoms. The third kappa shape index (κ3) is 4.01. The van der Waals surface area contributed by atoms with Crippen LogP contribution in [-0.2, 0) is 11.2 Å². The Labute approximate surface area is 165 Å².